The van der Waals surface area contributed by atoms with E-state index in [0.29, 0.717) is 27.8 Å². The number of hydrogen-bond acceptors (Lipinski definition) is 4. The Bertz CT molecular complexity index is 859. The summed E-state index contributed by atoms with van der Waals surface area (Å²) in [7, 11) is 0. The van der Waals surface area contributed by atoms with Crippen LogP contribution in [-0.4, -0.2) is 33.5 Å². The molecule has 0 unspecified atom stereocenters. The fraction of sp³-hybridized carbons (Fsp3) is 0.409. The second kappa shape index (κ2) is 10.1. The van der Waals surface area contributed by atoms with Gasteiger partial charge in [-0.05, 0) is 67.5 Å². The molecule has 0 spiro atoms. The number of rotatable bonds is 8. The molecule has 29 heavy (non-hydrogen) atoms. The number of aryl methyl sites for hydroxylation is 1. The van der Waals surface area contributed by atoms with E-state index < -0.39 is 18.2 Å². The van der Waals surface area contributed by atoms with Crippen LogP contribution >= 0.6 is 34.5 Å². The van der Waals surface area contributed by atoms with Crippen molar-refractivity contribution >= 4 is 40.5 Å². The molecule has 3 N–H and O–H groups in total. The number of carboxylic acid groups (broad SMARTS) is 1. The van der Waals surface area contributed by atoms with Gasteiger partial charge >= 0.3 is 5.97 Å². The molecular weight excluding hydrogens is 431 g/mol. The van der Waals surface area contributed by atoms with Crippen molar-refractivity contribution in [2.24, 2.45) is 11.8 Å². The Morgan fingerprint density at radius 1 is 1.14 bits per heavy atom. The number of allylic oxidation sites excluding steroid dienone is 1. The van der Waals surface area contributed by atoms with Crippen LogP contribution in [0.25, 0.3) is 0 Å². The molecule has 1 saturated carbocycles. The minimum atomic E-state index is -0.901. The third-order valence-corrected chi connectivity index (χ3v) is 6.95. The van der Waals surface area contributed by atoms with E-state index >= 15 is 0 Å². The van der Waals surface area contributed by atoms with E-state index in [1.165, 1.54) is 11.3 Å². The number of aromatic carboxylic acids is 1. The van der Waals surface area contributed by atoms with Crippen LogP contribution in [0.5, 0.6) is 0 Å². The molecule has 0 aliphatic heterocycles. The SMILES string of the molecule is O=C(O)c1ccc(CCC[C@@H]2[C@@H](/C=C/Cc3cc(Cl)cc(Cl)c3)[C@H](O)C[C@H]2O)s1. The van der Waals surface area contributed by atoms with Crippen LogP contribution in [-0.2, 0) is 12.8 Å². The molecule has 0 bridgehead atoms. The minimum Gasteiger partial charge on any atom is -0.477 e. The van der Waals surface area contributed by atoms with Crippen molar-refractivity contribution in [1.82, 2.24) is 0 Å². The van der Waals surface area contributed by atoms with Crippen molar-refractivity contribution in [3.63, 3.8) is 0 Å². The maximum atomic E-state index is 11.0. The highest BCUT2D eigenvalue weighted by molar-refractivity contribution is 7.13. The predicted octanol–water partition coefficient (Wildman–Crippen LogP) is 5.23. The van der Waals surface area contributed by atoms with Gasteiger partial charge in [-0.15, -0.1) is 11.3 Å². The van der Waals surface area contributed by atoms with Gasteiger partial charge in [0.05, 0.1) is 12.2 Å². The van der Waals surface area contributed by atoms with Gasteiger partial charge in [0.25, 0.3) is 0 Å². The largest absolute Gasteiger partial charge is 0.477 e. The topological polar surface area (TPSA) is 77.8 Å². The molecule has 0 radical (unpaired) electrons. The van der Waals surface area contributed by atoms with Gasteiger partial charge in [0.2, 0.25) is 0 Å². The number of carbonyl (C=O) groups is 1. The number of thiophene rings is 1. The standard InChI is InChI=1S/C22H24Cl2O4S/c23-14-9-13(10-15(24)11-14)3-1-5-17-18(20(26)12-19(17)25)6-2-4-16-7-8-21(29-16)22(27)28/h1,5,7-11,17-20,25-26H,2-4,6,12H2,(H,27,28)/b5-1+/t17-,18-,19-,20-/m1/s1. The molecule has 4 nitrogen and oxygen atoms in total. The molecule has 4 atom stereocenters. The van der Waals surface area contributed by atoms with Crippen LogP contribution in [0.4, 0.5) is 0 Å². The molecule has 1 aliphatic carbocycles. The summed E-state index contributed by atoms with van der Waals surface area (Å²) in [4.78, 5) is 12.4. The van der Waals surface area contributed by atoms with Crippen LogP contribution < -0.4 is 0 Å². The summed E-state index contributed by atoms with van der Waals surface area (Å²) in [5, 5.41) is 31.0. The van der Waals surface area contributed by atoms with Crippen molar-refractivity contribution in [3.05, 3.63) is 67.8 Å². The highest BCUT2D eigenvalue weighted by Gasteiger charge is 2.39. The summed E-state index contributed by atoms with van der Waals surface area (Å²) < 4.78 is 0. The molecule has 1 aromatic carbocycles. The molecule has 1 heterocycles. The zero-order valence-electron chi connectivity index (χ0n) is 15.8. The third kappa shape index (κ3) is 6.06. The summed E-state index contributed by atoms with van der Waals surface area (Å²) in [5.74, 6) is -1.01. The van der Waals surface area contributed by atoms with Gasteiger partial charge < -0.3 is 15.3 Å². The zero-order chi connectivity index (χ0) is 21.0. The van der Waals surface area contributed by atoms with Crippen molar-refractivity contribution in [2.75, 3.05) is 0 Å². The van der Waals surface area contributed by atoms with Crippen molar-refractivity contribution in [3.8, 4) is 0 Å². The molecule has 1 aromatic heterocycles. The molecule has 1 aliphatic rings. The number of carboxylic acids is 1. The summed E-state index contributed by atoms with van der Waals surface area (Å²) >= 11 is 13.4. The summed E-state index contributed by atoms with van der Waals surface area (Å²) in [6, 6.07) is 8.89. The van der Waals surface area contributed by atoms with Crippen molar-refractivity contribution < 1.29 is 20.1 Å². The Morgan fingerprint density at radius 2 is 1.86 bits per heavy atom. The first kappa shape index (κ1) is 22.3. The number of benzene rings is 1. The van der Waals surface area contributed by atoms with E-state index in [9.17, 15) is 15.0 Å². The van der Waals surface area contributed by atoms with E-state index in [0.717, 1.165) is 29.7 Å². The lowest BCUT2D eigenvalue weighted by atomic mass is 9.88. The van der Waals surface area contributed by atoms with Gasteiger partial charge in [-0.25, -0.2) is 4.79 Å². The first-order valence-corrected chi connectivity index (χ1v) is 11.2. The quantitative estimate of drug-likeness (QED) is 0.477. The Labute approximate surface area is 184 Å². The fourth-order valence-corrected chi connectivity index (χ4v) is 5.47. The average molecular weight is 455 g/mol. The maximum absolute atomic E-state index is 11.0. The number of halogens is 2. The summed E-state index contributed by atoms with van der Waals surface area (Å²) in [5.41, 5.74) is 0.996. The Balaban J connectivity index is 1.57. The molecule has 0 amide bonds. The van der Waals surface area contributed by atoms with Crippen LogP contribution in [0.2, 0.25) is 10.0 Å². The van der Waals surface area contributed by atoms with E-state index in [1.54, 1.807) is 12.1 Å². The van der Waals surface area contributed by atoms with Gasteiger partial charge in [0.1, 0.15) is 4.88 Å². The van der Waals surface area contributed by atoms with Gasteiger partial charge in [-0.2, -0.15) is 0 Å². The minimum absolute atomic E-state index is 0.0110. The lowest BCUT2D eigenvalue weighted by Crippen LogP contribution is -2.20. The first-order chi connectivity index (χ1) is 13.8. The molecular formula is C22H24Cl2O4S. The summed E-state index contributed by atoms with van der Waals surface area (Å²) in [6.07, 6.45) is 6.32. The zero-order valence-corrected chi connectivity index (χ0v) is 18.1. The maximum Gasteiger partial charge on any atom is 0.345 e. The number of aliphatic hydroxyl groups is 2. The summed E-state index contributed by atoms with van der Waals surface area (Å²) in [6.45, 7) is 0. The molecule has 1 fully saturated rings. The number of hydrogen-bond donors (Lipinski definition) is 3. The highest BCUT2D eigenvalue weighted by Crippen LogP contribution is 2.37. The van der Waals surface area contributed by atoms with Gasteiger partial charge in [0.15, 0.2) is 0 Å². The van der Waals surface area contributed by atoms with Crippen molar-refractivity contribution in [1.29, 1.82) is 0 Å². The molecule has 7 heteroatoms. The lowest BCUT2D eigenvalue weighted by molar-refractivity contribution is 0.0702. The van der Waals surface area contributed by atoms with Crippen LogP contribution in [0, 0.1) is 11.8 Å². The second-order valence-electron chi connectivity index (χ2n) is 7.48. The van der Waals surface area contributed by atoms with Crippen LogP contribution in [0.1, 0.15) is 39.4 Å². The monoisotopic (exact) mass is 454 g/mol. The second-order valence-corrected chi connectivity index (χ2v) is 9.53. The van der Waals surface area contributed by atoms with Crippen molar-refractivity contribution in [2.45, 2.75) is 44.3 Å². The van der Waals surface area contributed by atoms with E-state index in [1.807, 2.05) is 30.4 Å². The third-order valence-electron chi connectivity index (χ3n) is 5.38. The van der Waals surface area contributed by atoms with Gasteiger partial charge in [-0.3, -0.25) is 0 Å². The Morgan fingerprint density at radius 3 is 2.52 bits per heavy atom. The van der Waals surface area contributed by atoms with E-state index in [-0.39, 0.29) is 11.8 Å². The Hall–Kier alpha value is -1.37. The van der Waals surface area contributed by atoms with E-state index in [4.69, 9.17) is 28.3 Å². The highest BCUT2D eigenvalue weighted by atomic mass is 35.5. The average Bonchev–Trinajstić information content (AvgIpc) is 3.20. The normalized spacial score (nSPS) is 24.4. The molecule has 2 aromatic rings. The van der Waals surface area contributed by atoms with Crippen LogP contribution in [0.3, 0.4) is 0 Å². The molecule has 0 saturated heterocycles. The van der Waals surface area contributed by atoms with E-state index in [2.05, 4.69) is 0 Å². The Kier molecular flexibility index (Phi) is 7.77. The number of aliphatic hydroxyl groups excluding tert-OH is 2. The van der Waals surface area contributed by atoms with Gasteiger partial charge in [-0.1, -0.05) is 35.4 Å². The smallest absolute Gasteiger partial charge is 0.345 e. The lowest BCUT2D eigenvalue weighted by Gasteiger charge is -2.20. The first-order valence-electron chi connectivity index (χ1n) is 9.63. The fourth-order valence-electron chi connectivity index (χ4n) is 4.01. The van der Waals surface area contributed by atoms with Gasteiger partial charge in [0, 0.05) is 27.3 Å². The van der Waals surface area contributed by atoms with Crippen LogP contribution in [0.15, 0.2) is 42.5 Å². The predicted molar refractivity (Wildman–Crippen MR) is 117 cm³/mol. The molecule has 156 valence electrons. The molecule has 3 rings (SSSR count).